The summed E-state index contributed by atoms with van der Waals surface area (Å²) in [6, 6.07) is 4.15. The van der Waals surface area contributed by atoms with Crippen LogP contribution < -0.4 is 0 Å². The van der Waals surface area contributed by atoms with Gasteiger partial charge < -0.3 is 4.74 Å². The standard InChI is InChI=1S/C16H23FN2O3/c1-2-10-22-14-4-3-8-18(9-7-14)12-13-5-6-16(19(20)21)15(17)11-13/h5-6,11,14H,2-4,7-10,12H2,1H3/t14-/m0/s1. The molecule has 1 aromatic rings. The summed E-state index contributed by atoms with van der Waals surface area (Å²) in [4.78, 5) is 12.2. The monoisotopic (exact) mass is 310 g/mol. The zero-order valence-corrected chi connectivity index (χ0v) is 13.0. The second kappa shape index (κ2) is 8.19. The Hall–Kier alpha value is -1.53. The molecule has 0 aliphatic carbocycles. The van der Waals surface area contributed by atoms with E-state index in [1.807, 2.05) is 0 Å². The van der Waals surface area contributed by atoms with Gasteiger partial charge in [0.2, 0.25) is 5.82 Å². The summed E-state index contributed by atoms with van der Waals surface area (Å²) in [6.07, 6.45) is 4.45. The van der Waals surface area contributed by atoms with Crippen molar-refractivity contribution in [1.82, 2.24) is 4.90 Å². The lowest BCUT2D eigenvalue weighted by Crippen LogP contribution is -2.25. The van der Waals surface area contributed by atoms with E-state index in [1.165, 1.54) is 12.1 Å². The third-order valence-corrected chi connectivity index (χ3v) is 3.94. The Kier molecular flexibility index (Phi) is 6.27. The lowest BCUT2D eigenvalue weighted by molar-refractivity contribution is -0.387. The maximum Gasteiger partial charge on any atom is 0.304 e. The first-order valence-corrected chi connectivity index (χ1v) is 7.87. The Morgan fingerprint density at radius 2 is 2.23 bits per heavy atom. The first-order chi connectivity index (χ1) is 10.6. The number of nitro groups is 1. The maximum atomic E-state index is 13.7. The van der Waals surface area contributed by atoms with Gasteiger partial charge in [-0.2, -0.15) is 4.39 Å². The lowest BCUT2D eigenvalue weighted by atomic mass is 10.1. The van der Waals surface area contributed by atoms with Gasteiger partial charge in [-0.3, -0.25) is 15.0 Å². The average Bonchev–Trinajstić information content (AvgIpc) is 2.70. The molecule has 6 heteroatoms. The number of hydrogen-bond acceptors (Lipinski definition) is 4. The fraction of sp³-hybridized carbons (Fsp3) is 0.625. The molecule has 0 bridgehead atoms. The van der Waals surface area contributed by atoms with Crippen LogP contribution in [0.5, 0.6) is 0 Å². The smallest absolute Gasteiger partial charge is 0.304 e. The summed E-state index contributed by atoms with van der Waals surface area (Å²) in [5.41, 5.74) is 0.309. The van der Waals surface area contributed by atoms with Gasteiger partial charge in [0.1, 0.15) is 0 Å². The highest BCUT2D eigenvalue weighted by Crippen LogP contribution is 2.21. The number of nitro benzene ring substituents is 1. The first kappa shape index (κ1) is 16.8. The molecule has 0 aromatic heterocycles. The summed E-state index contributed by atoms with van der Waals surface area (Å²) in [5.74, 6) is -0.763. The molecule has 0 amide bonds. The van der Waals surface area contributed by atoms with E-state index in [1.54, 1.807) is 6.07 Å². The Balaban J connectivity index is 1.91. The van der Waals surface area contributed by atoms with Gasteiger partial charge in [-0.25, -0.2) is 0 Å². The highest BCUT2D eigenvalue weighted by molar-refractivity contribution is 5.34. The van der Waals surface area contributed by atoms with E-state index in [0.717, 1.165) is 50.9 Å². The molecule has 5 nitrogen and oxygen atoms in total. The molecule has 22 heavy (non-hydrogen) atoms. The predicted octanol–water partition coefficient (Wildman–Crippen LogP) is 3.52. The van der Waals surface area contributed by atoms with Crippen LogP contribution in [0.4, 0.5) is 10.1 Å². The molecule has 1 atom stereocenters. The van der Waals surface area contributed by atoms with Crippen LogP contribution in [0.15, 0.2) is 18.2 Å². The van der Waals surface area contributed by atoms with Crippen molar-refractivity contribution in [3.63, 3.8) is 0 Å². The second-order valence-electron chi connectivity index (χ2n) is 5.74. The number of halogens is 1. The predicted molar refractivity (Wildman–Crippen MR) is 82.2 cm³/mol. The van der Waals surface area contributed by atoms with Gasteiger partial charge in [-0.1, -0.05) is 13.0 Å². The summed E-state index contributed by atoms with van der Waals surface area (Å²) in [6.45, 7) is 5.39. The summed E-state index contributed by atoms with van der Waals surface area (Å²) >= 11 is 0. The number of likely N-dealkylation sites (tertiary alicyclic amines) is 1. The second-order valence-corrected chi connectivity index (χ2v) is 5.74. The molecular formula is C16H23FN2O3. The van der Waals surface area contributed by atoms with Crippen molar-refractivity contribution < 1.29 is 14.1 Å². The quantitative estimate of drug-likeness (QED) is 0.596. The zero-order chi connectivity index (χ0) is 15.9. The van der Waals surface area contributed by atoms with E-state index in [2.05, 4.69) is 11.8 Å². The molecule has 0 radical (unpaired) electrons. The van der Waals surface area contributed by atoms with Crippen LogP contribution in [0.25, 0.3) is 0 Å². The minimum absolute atomic E-state index is 0.318. The van der Waals surface area contributed by atoms with Gasteiger partial charge in [-0.15, -0.1) is 0 Å². The average molecular weight is 310 g/mol. The molecule has 0 spiro atoms. The Morgan fingerprint density at radius 3 is 2.91 bits per heavy atom. The van der Waals surface area contributed by atoms with Crippen LogP contribution in [0, 0.1) is 15.9 Å². The van der Waals surface area contributed by atoms with Crippen molar-refractivity contribution in [2.75, 3.05) is 19.7 Å². The van der Waals surface area contributed by atoms with Gasteiger partial charge in [0.05, 0.1) is 11.0 Å². The minimum Gasteiger partial charge on any atom is -0.378 e. The number of rotatable bonds is 6. The number of nitrogens with zero attached hydrogens (tertiary/aromatic N) is 2. The Bertz CT molecular complexity index is 510. The number of benzene rings is 1. The summed E-state index contributed by atoms with van der Waals surface area (Å²) in [5, 5.41) is 10.6. The SMILES string of the molecule is CCCO[C@H]1CCCN(Cc2ccc([N+](=O)[O-])c(F)c2)CC1. The highest BCUT2D eigenvalue weighted by atomic mass is 19.1. The largest absolute Gasteiger partial charge is 0.378 e. The number of hydrogen-bond donors (Lipinski definition) is 0. The van der Waals surface area contributed by atoms with Crippen molar-refractivity contribution >= 4 is 5.69 Å². The van der Waals surface area contributed by atoms with Gasteiger partial charge in [0, 0.05) is 25.8 Å². The molecule has 1 fully saturated rings. The van der Waals surface area contributed by atoms with Gasteiger partial charge in [0.15, 0.2) is 0 Å². The molecule has 1 aromatic carbocycles. The summed E-state index contributed by atoms with van der Waals surface area (Å²) < 4.78 is 19.5. The third kappa shape index (κ3) is 4.74. The fourth-order valence-corrected chi connectivity index (χ4v) is 2.79. The van der Waals surface area contributed by atoms with Gasteiger partial charge in [0.25, 0.3) is 0 Å². The van der Waals surface area contributed by atoms with Gasteiger partial charge >= 0.3 is 5.69 Å². The molecule has 1 heterocycles. The molecule has 1 aliphatic rings. The first-order valence-electron chi connectivity index (χ1n) is 7.87. The van der Waals surface area contributed by atoms with Crippen LogP contribution in [0.1, 0.15) is 38.2 Å². The minimum atomic E-state index is -0.763. The fourth-order valence-electron chi connectivity index (χ4n) is 2.79. The molecule has 1 saturated heterocycles. The van der Waals surface area contributed by atoms with E-state index in [4.69, 9.17) is 4.74 Å². The van der Waals surface area contributed by atoms with E-state index in [-0.39, 0.29) is 0 Å². The molecule has 2 rings (SSSR count). The molecule has 0 saturated carbocycles. The lowest BCUT2D eigenvalue weighted by Gasteiger charge is -2.20. The van der Waals surface area contributed by atoms with Crippen LogP contribution in [-0.4, -0.2) is 35.6 Å². The maximum absolute atomic E-state index is 13.7. The highest BCUT2D eigenvalue weighted by Gasteiger charge is 2.19. The Morgan fingerprint density at radius 1 is 1.41 bits per heavy atom. The normalized spacial score (nSPS) is 19.8. The topological polar surface area (TPSA) is 55.6 Å². The number of ether oxygens (including phenoxy) is 1. The molecule has 0 unspecified atom stereocenters. The van der Waals surface area contributed by atoms with Crippen LogP contribution in [0.3, 0.4) is 0 Å². The Labute approximate surface area is 130 Å². The van der Waals surface area contributed by atoms with E-state index >= 15 is 0 Å². The van der Waals surface area contributed by atoms with Crippen LogP contribution >= 0.6 is 0 Å². The van der Waals surface area contributed by atoms with Crippen molar-refractivity contribution in [2.24, 2.45) is 0 Å². The van der Waals surface area contributed by atoms with Crippen molar-refractivity contribution in [3.8, 4) is 0 Å². The molecule has 0 N–H and O–H groups in total. The van der Waals surface area contributed by atoms with Crippen molar-refractivity contribution in [3.05, 3.63) is 39.7 Å². The molecule has 1 aliphatic heterocycles. The third-order valence-electron chi connectivity index (χ3n) is 3.94. The van der Waals surface area contributed by atoms with Crippen LogP contribution in [-0.2, 0) is 11.3 Å². The summed E-state index contributed by atoms with van der Waals surface area (Å²) in [7, 11) is 0. The van der Waals surface area contributed by atoms with Gasteiger partial charge in [-0.05, 0) is 43.9 Å². The van der Waals surface area contributed by atoms with Crippen molar-refractivity contribution in [2.45, 2.75) is 45.3 Å². The molecule has 122 valence electrons. The molecular weight excluding hydrogens is 287 g/mol. The van der Waals surface area contributed by atoms with E-state index in [9.17, 15) is 14.5 Å². The van der Waals surface area contributed by atoms with E-state index in [0.29, 0.717) is 12.6 Å². The van der Waals surface area contributed by atoms with E-state index < -0.39 is 16.4 Å². The zero-order valence-electron chi connectivity index (χ0n) is 13.0. The van der Waals surface area contributed by atoms with Crippen LogP contribution in [0.2, 0.25) is 0 Å². The van der Waals surface area contributed by atoms with Crippen molar-refractivity contribution in [1.29, 1.82) is 0 Å².